The van der Waals surface area contributed by atoms with Gasteiger partial charge in [-0.15, -0.1) is 0 Å². The van der Waals surface area contributed by atoms with Crippen molar-refractivity contribution >= 4 is 23.5 Å². The van der Waals surface area contributed by atoms with E-state index in [2.05, 4.69) is 5.32 Å². The SMILES string of the molecule is O=C(Nc1ccc(C(=O)N2CCC[C@H]2C(=O)O)cc1)C1CC1. The summed E-state index contributed by atoms with van der Waals surface area (Å²) in [5.74, 6) is -1.09. The molecule has 0 spiro atoms. The summed E-state index contributed by atoms with van der Waals surface area (Å²) in [6, 6.07) is 5.88. The van der Waals surface area contributed by atoms with Gasteiger partial charge in [-0.1, -0.05) is 0 Å². The highest BCUT2D eigenvalue weighted by Gasteiger charge is 2.34. The molecule has 2 fully saturated rings. The Morgan fingerprint density at radius 2 is 1.77 bits per heavy atom. The number of rotatable bonds is 4. The highest BCUT2D eigenvalue weighted by molar-refractivity contribution is 5.98. The molecule has 2 amide bonds. The Morgan fingerprint density at radius 3 is 2.36 bits per heavy atom. The fraction of sp³-hybridized carbons (Fsp3) is 0.438. The van der Waals surface area contributed by atoms with Crippen LogP contribution in [0.1, 0.15) is 36.0 Å². The van der Waals surface area contributed by atoms with E-state index in [4.69, 9.17) is 5.11 Å². The van der Waals surface area contributed by atoms with Crippen LogP contribution in [0.2, 0.25) is 0 Å². The van der Waals surface area contributed by atoms with E-state index < -0.39 is 12.0 Å². The van der Waals surface area contributed by atoms with E-state index in [1.807, 2.05) is 0 Å². The third-order valence-electron chi connectivity index (χ3n) is 4.15. The van der Waals surface area contributed by atoms with Gasteiger partial charge in [-0.2, -0.15) is 0 Å². The molecule has 0 radical (unpaired) electrons. The molecular weight excluding hydrogens is 284 g/mol. The lowest BCUT2D eigenvalue weighted by Gasteiger charge is -2.21. The lowest BCUT2D eigenvalue weighted by atomic mass is 10.1. The fourth-order valence-corrected chi connectivity index (χ4v) is 2.72. The molecule has 0 unspecified atom stereocenters. The van der Waals surface area contributed by atoms with E-state index in [0.29, 0.717) is 30.6 Å². The number of hydrogen-bond acceptors (Lipinski definition) is 3. The molecule has 6 heteroatoms. The molecule has 116 valence electrons. The van der Waals surface area contributed by atoms with Gasteiger partial charge in [0.15, 0.2) is 0 Å². The highest BCUT2D eigenvalue weighted by Crippen LogP contribution is 2.30. The van der Waals surface area contributed by atoms with E-state index in [0.717, 1.165) is 12.8 Å². The van der Waals surface area contributed by atoms with Gasteiger partial charge in [0.1, 0.15) is 6.04 Å². The second kappa shape index (κ2) is 5.79. The number of nitrogens with one attached hydrogen (secondary N) is 1. The quantitative estimate of drug-likeness (QED) is 0.886. The van der Waals surface area contributed by atoms with Gasteiger partial charge in [0, 0.05) is 23.7 Å². The van der Waals surface area contributed by atoms with E-state index >= 15 is 0 Å². The van der Waals surface area contributed by atoms with Crippen LogP contribution < -0.4 is 5.32 Å². The summed E-state index contributed by atoms with van der Waals surface area (Å²) < 4.78 is 0. The summed E-state index contributed by atoms with van der Waals surface area (Å²) in [6.45, 7) is 0.468. The first-order valence-electron chi connectivity index (χ1n) is 7.51. The zero-order valence-electron chi connectivity index (χ0n) is 12.1. The molecule has 1 atom stereocenters. The highest BCUT2D eigenvalue weighted by atomic mass is 16.4. The summed E-state index contributed by atoms with van der Waals surface area (Å²) in [5.41, 5.74) is 1.10. The minimum atomic E-state index is -0.959. The van der Waals surface area contributed by atoms with Gasteiger partial charge in [0.05, 0.1) is 0 Å². The molecule has 22 heavy (non-hydrogen) atoms. The maximum absolute atomic E-state index is 12.4. The number of amides is 2. The number of anilines is 1. The third-order valence-corrected chi connectivity index (χ3v) is 4.15. The second-order valence-corrected chi connectivity index (χ2v) is 5.84. The lowest BCUT2D eigenvalue weighted by molar-refractivity contribution is -0.141. The first-order chi connectivity index (χ1) is 10.6. The van der Waals surface area contributed by atoms with Gasteiger partial charge in [-0.3, -0.25) is 9.59 Å². The average molecular weight is 302 g/mol. The van der Waals surface area contributed by atoms with Crippen LogP contribution in [-0.4, -0.2) is 40.4 Å². The molecule has 6 nitrogen and oxygen atoms in total. The Morgan fingerprint density at radius 1 is 1.09 bits per heavy atom. The topological polar surface area (TPSA) is 86.7 Å². The molecular formula is C16H18N2O4. The zero-order chi connectivity index (χ0) is 15.7. The van der Waals surface area contributed by atoms with Crippen molar-refractivity contribution in [2.45, 2.75) is 31.7 Å². The molecule has 1 aromatic carbocycles. The molecule has 0 bridgehead atoms. The van der Waals surface area contributed by atoms with Gasteiger partial charge in [-0.25, -0.2) is 4.79 Å². The van der Waals surface area contributed by atoms with Crippen LogP contribution in [0.15, 0.2) is 24.3 Å². The molecule has 2 aliphatic rings. The van der Waals surface area contributed by atoms with Crippen molar-refractivity contribution in [1.82, 2.24) is 4.90 Å². The maximum Gasteiger partial charge on any atom is 0.326 e. The zero-order valence-corrected chi connectivity index (χ0v) is 12.1. The van der Waals surface area contributed by atoms with E-state index in [1.165, 1.54) is 4.90 Å². The number of carbonyl (C=O) groups is 3. The number of nitrogens with zero attached hydrogens (tertiary/aromatic N) is 1. The number of carbonyl (C=O) groups excluding carboxylic acids is 2. The van der Waals surface area contributed by atoms with Crippen molar-refractivity contribution in [1.29, 1.82) is 0 Å². The van der Waals surface area contributed by atoms with Crippen LogP contribution in [0.5, 0.6) is 0 Å². The molecule has 2 N–H and O–H groups in total. The van der Waals surface area contributed by atoms with Crippen molar-refractivity contribution in [3.8, 4) is 0 Å². The normalized spacial score (nSPS) is 20.7. The van der Waals surface area contributed by atoms with Crippen LogP contribution in [0.3, 0.4) is 0 Å². The predicted molar refractivity (Wildman–Crippen MR) is 79.5 cm³/mol. The van der Waals surface area contributed by atoms with Gasteiger partial charge in [0.25, 0.3) is 5.91 Å². The predicted octanol–water partition coefficient (Wildman–Crippen LogP) is 1.72. The van der Waals surface area contributed by atoms with Crippen molar-refractivity contribution in [3.63, 3.8) is 0 Å². The van der Waals surface area contributed by atoms with Crippen LogP contribution in [0.4, 0.5) is 5.69 Å². The van der Waals surface area contributed by atoms with Gasteiger partial charge < -0.3 is 15.3 Å². The standard InChI is InChI=1S/C16H18N2O4/c19-14(10-3-4-10)17-12-7-5-11(6-8-12)15(20)18-9-1-2-13(18)16(21)22/h5-8,10,13H,1-4,9H2,(H,17,19)(H,21,22)/t13-/m0/s1. The van der Waals surface area contributed by atoms with Crippen molar-refractivity contribution in [2.24, 2.45) is 5.92 Å². The Balaban J connectivity index is 1.67. The molecule has 1 aliphatic carbocycles. The van der Waals surface area contributed by atoms with Crippen molar-refractivity contribution in [3.05, 3.63) is 29.8 Å². The monoisotopic (exact) mass is 302 g/mol. The number of carboxylic acid groups (broad SMARTS) is 1. The van der Waals surface area contributed by atoms with E-state index in [9.17, 15) is 14.4 Å². The third kappa shape index (κ3) is 2.95. The largest absolute Gasteiger partial charge is 0.480 e. The smallest absolute Gasteiger partial charge is 0.326 e. The molecule has 1 heterocycles. The summed E-state index contributed by atoms with van der Waals surface area (Å²) >= 11 is 0. The summed E-state index contributed by atoms with van der Waals surface area (Å²) in [6.07, 6.45) is 3.08. The van der Waals surface area contributed by atoms with E-state index in [-0.39, 0.29) is 17.7 Å². The average Bonchev–Trinajstić information content (AvgIpc) is 3.24. The Kier molecular flexibility index (Phi) is 3.83. The number of hydrogen-bond donors (Lipinski definition) is 2. The van der Waals surface area contributed by atoms with Crippen molar-refractivity contribution in [2.75, 3.05) is 11.9 Å². The summed E-state index contributed by atoms with van der Waals surface area (Å²) in [7, 11) is 0. The Labute approximate surface area is 128 Å². The molecule has 0 aromatic heterocycles. The minimum Gasteiger partial charge on any atom is -0.480 e. The van der Waals surface area contributed by atoms with E-state index in [1.54, 1.807) is 24.3 Å². The number of carboxylic acids is 1. The van der Waals surface area contributed by atoms with Gasteiger partial charge >= 0.3 is 5.97 Å². The molecule has 1 saturated carbocycles. The van der Waals surface area contributed by atoms with Crippen LogP contribution >= 0.6 is 0 Å². The maximum atomic E-state index is 12.4. The second-order valence-electron chi connectivity index (χ2n) is 5.84. The first-order valence-corrected chi connectivity index (χ1v) is 7.51. The molecule has 1 aromatic rings. The van der Waals surface area contributed by atoms with Crippen LogP contribution in [0.25, 0.3) is 0 Å². The van der Waals surface area contributed by atoms with Gasteiger partial charge in [-0.05, 0) is 49.9 Å². The minimum absolute atomic E-state index is 0.0181. The summed E-state index contributed by atoms with van der Waals surface area (Å²) in [4.78, 5) is 36.6. The Hall–Kier alpha value is -2.37. The first kappa shape index (κ1) is 14.6. The van der Waals surface area contributed by atoms with Crippen LogP contribution in [0, 0.1) is 5.92 Å². The molecule has 3 rings (SSSR count). The van der Waals surface area contributed by atoms with Gasteiger partial charge in [0.2, 0.25) is 5.91 Å². The molecule has 1 aliphatic heterocycles. The number of benzene rings is 1. The number of aliphatic carboxylic acids is 1. The van der Waals surface area contributed by atoms with Crippen LogP contribution in [-0.2, 0) is 9.59 Å². The fourth-order valence-electron chi connectivity index (χ4n) is 2.72. The Bertz CT molecular complexity index is 607. The summed E-state index contributed by atoms with van der Waals surface area (Å²) in [5, 5.41) is 11.9. The lowest BCUT2D eigenvalue weighted by Crippen LogP contribution is -2.40. The number of likely N-dealkylation sites (tertiary alicyclic amines) is 1. The van der Waals surface area contributed by atoms with Crippen molar-refractivity contribution < 1.29 is 19.5 Å². The molecule has 1 saturated heterocycles.